The normalized spacial score (nSPS) is 21.0. The fraction of sp³-hybridized carbons (Fsp3) is 0.238. The molecule has 0 saturated heterocycles. The fourth-order valence-electron chi connectivity index (χ4n) is 3.34. The molecular weight excluding hydrogens is 385 g/mol. The first-order valence-electron chi connectivity index (χ1n) is 9.03. The molecule has 2 aromatic rings. The molecule has 0 radical (unpaired) electrons. The predicted molar refractivity (Wildman–Crippen MR) is 98.8 cm³/mol. The molecule has 1 heterocycles. The lowest BCUT2D eigenvalue weighted by molar-refractivity contribution is -0.138. The van der Waals surface area contributed by atoms with Crippen LogP contribution in [-0.2, 0) is 20.5 Å². The molecule has 150 valence electrons. The van der Waals surface area contributed by atoms with Gasteiger partial charge in [-0.3, -0.25) is 4.79 Å². The van der Waals surface area contributed by atoms with E-state index in [9.17, 15) is 22.8 Å². The van der Waals surface area contributed by atoms with Crippen LogP contribution in [0.5, 0.6) is 0 Å². The van der Waals surface area contributed by atoms with E-state index in [4.69, 9.17) is 4.74 Å². The van der Waals surface area contributed by atoms with Gasteiger partial charge in [0.05, 0.1) is 11.3 Å². The third-order valence-corrected chi connectivity index (χ3v) is 4.90. The smallest absolute Gasteiger partial charge is 0.416 e. The Morgan fingerprint density at radius 2 is 1.83 bits per heavy atom. The number of cyclic esters (lactones) is 1. The van der Waals surface area contributed by atoms with Gasteiger partial charge in [-0.05, 0) is 30.2 Å². The number of rotatable bonds is 5. The van der Waals surface area contributed by atoms with Gasteiger partial charge in [0.2, 0.25) is 0 Å². The van der Waals surface area contributed by atoms with Gasteiger partial charge in [0.1, 0.15) is 12.2 Å². The average Bonchev–Trinajstić information content (AvgIpc) is 3.36. The number of benzene rings is 2. The molecule has 1 aliphatic heterocycles. The maximum Gasteiger partial charge on any atom is 0.416 e. The highest BCUT2D eigenvalue weighted by molar-refractivity contribution is 6.18. The number of hydrogen-bond donors (Lipinski definition) is 2. The van der Waals surface area contributed by atoms with Crippen molar-refractivity contribution in [3.63, 3.8) is 0 Å². The van der Waals surface area contributed by atoms with E-state index in [2.05, 4.69) is 10.6 Å². The van der Waals surface area contributed by atoms with Crippen molar-refractivity contribution in [2.75, 3.05) is 11.9 Å². The summed E-state index contributed by atoms with van der Waals surface area (Å²) in [5.41, 5.74) is 0.322. The van der Waals surface area contributed by atoms with Gasteiger partial charge in [0, 0.05) is 17.6 Å². The monoisotopic (exact) mass is 402 g/mol. The molecule has 2 N–H and O–H groups in total. The van der Waals surface area contributed by atoms with E-state index in [-0.39, 0.29) is 35.5 Å². The minimum atomic E-state index is -4.49. The zero-order valence-corrected chi connectivity index (χ0v) is 15.1. The Morgan fingerprint density at radius 1 is 1.07 bits per heavy atom. The summed E-state index contributed by atoms with van der Waals surface area (Å²) >= 11 is 0. The van der Waals surface area contributed by atoms with Gasteiger partial charge in [-0.2, -0.15) is 13.2 Å². The van der Waals surface area contributed by atoms with Crippen LogP contribution in [0.25, 0.3) is 0 Å². The lowest BCUT2D eigenvalue weighted by Crippen LogP contribution is -2.31. The summed E-state index contributed by atoms with van der Waals surface area (Å²) < 4.78 is 43.6. The molecule has 1 amide bonds. The fourth-order valence-corrected chi connectivity index (χ4v) is 3.34. The number of anilines is 1. The molecule has 1 fully saturated rings. The summed E-state index contributed by atoms with van der Waals surface area (Å²) in [6.45, 7) is -0.204. The molecule has 5 nitrogen and oxygen atoms in total. The van der Waals surface area contributed by atoms with E-state index in [1.165, 1.54) is 12.1 Å². The molecule has 1 saturated carbocycles. The highest BCUT2D eigenvalue weighted by Crippen LogP contribution is 2.41. The van der Waals surface area contributed by atoms with Crippen molar-refractivity contribution < 1.29 is 27.5 Å². The van der Waals surface area contributed by atoms with Crippen LogP contribution in [-0.4, -0.2) is 24.5 Å². The van der Waals surface area contributed by atoms with E-state index in [1.54, 1.807) is 0 Å². The van der Waals surface area contributed by atoms with Crippen LogP contribution in [0.4, 0.5) is 18.9 Å². The van der Waals surface area contributed by atoms with Crippen LogP contribution in [0, 0.1) is 0 Å². The predicted octanol–water partition coefficient (Wildman–Crippen LogP) is 3.60. The van der Waals surface area contributed by atoms with Crippen molar-refractivity contribution in [2.24, 2.45) is 0 Å². The second-order valence-corrected chi connectivity index (χ2v) is 6.97. The summed E-state index contributed by atoms with van der Waals surface area (Å²) in [6, 6.07) is 14.1. The van der Waals surface area contributed by atoms with Crippen LogP contribution in [0.15, 0.2) is 65.9 Å². The molecule has 1 aliphatic carbocycles. The van der Waals surface area contributed by atoms with E-state index in [0.29, 0.717) is 0 Å². The Balaban J connectivity index is 1.49. The molecule has 2 unspecified atom stereocenters. The third kappa shape index (κ3) is 4.11. The largest absolute Gasteiger partial charge is 0.455 e. The number of esters is 1. The number of hydrogen-bond acceptors (Lipinski definition) is 4. The van der Waals surface area contributed by atoms with Crippen molar-refractivity contribution in [1.29, 1.82) is 0 Å². The molecule has 4 rings (SSSR count). The van der Waals surface area contributed by atoms with Gasteiger partial charge >= 0.3 is 12.1 Å². The number of ether oxygens (including phenoxy) is 1. The van der Waals surface area contributed by atoms with Crippen molar-refractivity contribution in [1.82, 2.24) is 5.32 Å². The Morgan fingerprint density at radius 3 is 2.55 bits per heavy atom. The van der Waals surface area contributed by atoms with Gasteiger partial charge in [-0.25, -0.2) is 4.79 Å². The second kappa shape index (κ2) is 7.27. The quantitative estimate of drug-likeness (QED) is 0.593. The van der Waals surface area contributed by atoms with Gasteiger partial charge in [-0.15, -0.1) is 0 Å². The third-order valence-electron chi connectivity index (χ3n) is 4.90. The molecule has 0 bridgehead atoms. The maximum absolute atomic E-state index is 12.9. The lowest BCUT2D eigenvalue weighted by Gasteiger charge is -2.11. The highest BCUT2D eigenvalue weighted by atomic mass is 19.4. The first kappa shape index (κ1) is 19.0. The first-order chi connectivity index (χ1) is 13.8. The van der Waals surface area contributed by atoms with E-state index < -0.39 is 23.6 Å². The number of carbonyl (C=O) groups is 2. The number of amides is 1. The Bertz CT molecular complexity index is 986. The van der Waals surface area contributed by atoms with Gasteiger partial charge < -0.3 is 15.4 Å². The molecular formula is C21H17F3N2O3. The molecule has 29 heavy (non-hydrogen) atoms. The summed E-state index contributed by atoms with van der Waals surface area (Å²) in [4.78, 5) is 24.7. The minimum absolute atomic E-state index is 0.0967. The Labute approximate surface area is 164 Å². The molecule has 0 spiro atoms. The Hall–Kier alpha value is -3.29. The zero-order valence-electron chi connectivity index (χ0n) is 15.1. The van der Waals surface area contributed by atoms with Crippen LogP contribution >= 0.6 is 0 Å². The maximum atomic E-state index is 12.9. The van der Waals surface area contributed by atoms with Crippen molar-refractivity contribution in [3.8, 4) is 0 Å². The number of halogens is 3. The SMILES string of the molecule is O=C(NC1CC1c1ccccc1)C1=C(Nc2cccc(C(F)(F)F)c2)COC1=O. The van der Waals surface area contributed by atoms with Crippen molar-refractivity contribution in [3.05, 3.63) is 77.0 Å². The molecule has 2 aliphatic rings. The van der Waals surface area contributed by atoms with E-state index in [0.717, 1.165) is 24.1 Å². The van der Waals surface area contributed by atoms with Gasteiger partial charge in [0.25, 0.3) is 5.91 Å². The molecule has 0 aromatic heterocycles. The van der Waals surface area contributed by atoms with Crippen LogP contribution in [0.2, 0.25) is 0 Å². The van der Waals surface area contributed by atoms with Gasteiger partial charge in [-0.1, -0.05) is 36.4 Å². The number of carbonyl (C=O) groups excluding carboxylic acids is 2. The molecule has 8 heteroatoms. The summed E-state index contributed by atoms with van der Waals surface area (Å²) in [5, 5.41) is 5.53. The van der Waals surface area contributed by atoms with Crippen LogP contribution in [0.1, 0.15) is 23.5 Å². The van der Waals surface area contributed by atoms with E-state index >= 15 is 0 Å². The second-order valence-electron chi connectivity index (χ2n) is 6.97. The lowest BCUT2D eigenvalue weighted by atomic mass is 10.1. The van der Waals surface area contributed by atoms with Crippen LogP contribution < -0.4 is 10.6 Å². The summed E-state index contributed by atoms with van der Waals surface area (Å²) in [7, 11) is 0. The van der Waals surface area contributed by atoms with Crippen molar-refractivity contribution >= 4 is 17.6 Å². The minimum Gasteiger partial charge on any atom is -0.455 e. The van der Waals surface area contributed by atoms with Gasteiger partial charge in [0.15, 0.2) is 0 Å². The molecule has 2 aromatic carbocycles. The topological polar surface area (TPSA) is 67.4 Å². The summed E-state index contributed by atoms with van der Waals surface area (Å²) in [5.74, 6) is -1.21. The molecule has 2 atom stereocenters. The standard InChI is InChI=1S/C21H17F3N2O3/c22-21(23,24)13-7-4-8-14(9-13)25-17-11-29-20(28)18(17)19(27)26-16-10-15(16)12-5-2-1-3-6-12/h1-9,15-16,25H,10-11H2,(H,26,27). The Kier molecular flexibility index (Phi) is 4.77. The summed E-state index contributed by atoms with van der Waals surface area (Å²) in [6.07, 6.45) is -3.73. The average molecular weight is 402 g/mol. The van der Waals surface area contributed by atoms with Crippen molar-refractivity contribution in [2.45, 2.75) is 24.6 Å². The zero-order chi connectivity index (χ0) is 20.6. The first-order valence-corrected chi connectivity index (χ1v) is 9.03. The van der Waals surface area contributed by atoms with Crippen LogP contribution in [0.3, 0.4) is 0 Å². The number of nitrogens with one attached hydrogen (secondary N) is 2. The highest BCUT2D eigenvalue weighted by Gasteiger charge is 2.42. The number of alkyl halides is 3. The van der Waals surface area contributed by atoms with E-state index in [1.807, 2.05) is 30.3 Å².